The van der Waals surface area contributed by atoms with Gasteiger partial charge in [0, 0.05) is 23.6 Å². The molecule has 0 fully saturated rings. The van der Waals surface area contributed by atoms with Gasteiger partial charge in [-0.25, -0.2) is 0 Å². The molecule has 1 aromatic heterocycles. The average molecular weight is 260 g/mol. The molecule has 0 unspecified atom stereocenters. The van der Waals surface area contributed by atoms with Crippen LogP contribution in [0.5, 0.6) is 0 Å². The van der Waals surface area contributed by atoms with Crippen molar-refractivity contribution in [2.45, 2.75) is 19.9 Å². The maximum atomic E-state index is 8.93. The summed E-state index contributed by atoms with van der Waals surface area (Å²) in [5.74, 6) is 0. The van der Waals surface area contributed by atoms with Gasteiger partial charge in [0.05, 0.1) is 11.6 Å². The topological polar surface area (TPSA) is 28.7 Å². The van der Waals surface area contributed by atoms with E-state index in [1.165, 1.54) is 16.6 Å². The molecule has 1 heterocycles. The van der Waals surface area contributed by atoms with Gasteiger partial charge in [0.25, 0.3) is 0 Å². The molecule has 2 nitrogen and oxygen atoms in total. The van der Waals surface area contributed by atoms with Crippen LogP contribution in [0.2, 0.25) is 0 Å². The number of fused-ring (bicyclic) bond motifs is 1. The lowest BCUT2D eigenvalue weighted by Gasteiger charge is -2.06. The highest BCUT2D eigenvalue weighted by molar-refractivity contribution is 5.81. The summed E-state index contributed by atoms with van der Waals surface area (Å²) < 4.78 is 2.22. The summed E-state index contributed by atoms with van der Waals surface area (Å²) in [6.45, 7) is 3.03. The van der Waals surface area contributed by atoms with Crippen LogP contribution >= 0.6 is 0 Å². The SMILES string of the molecule is CCc1ccc(Cn2ccc3cc(C#N)ccc32)cc1. The van der Waals surface area contributed by atoms with E-state index in [-0.39, 0.29) is 0 Å². The van der Waals surface area contributed by atoms with Crippen LogP contribution in [0.15, 0.2) is 54.7 Å². The average Bonchev–Trinajstić information content (AvgIpc) is 2.90. The van der Waals surface area contributed by atoms with Crippen molar-refractivity contribution in [3.8, 4) is 6.07 Å². The van der Waals surface area contributed by atoms with E-state index < -0.39 is 0 Å². The zero-order valence-electron chi connectivity index (χ0n) is 11.5. The van der Waals surface area contributed by atoms with Crippen LogP contribution in [-0.2, 0) is 13.0 Å². The molecule has 0 spiro atoms. The van der Waals surface area contributed by atoms with E-state index in [1.54, 1.807) is 0 Å². The van der Waals surface area contributed by atoms with Crippen LogP contribution in [0.4, 0.5) is 0 Å². The van der Waals surface area contributed by atoms with Crippen molar-refractivity contribution in [1.29, 1.82) is 5.26 Å². The molecule has 20 heavy (non-hydrogen) atoms. The first-order valence-corrected chi connectivity index (χ1v) is 6.87. The Morgan fingerprint density at radius 3 is 2.45 bits per heavy atom. The van der Waals surface area contributed by atoms with Crippen molar-refractivity contribution in [3.05, 3.63) is 71.4 Å². The highest BCUT2D eigenvalue weighted by Crippen LogP contribution is 2.19. The second-order valence-electron chi connectivity index (χ2n) is 5.00. The Balaban J connectivity index is 1.92. The van der Waals surface area contributed by atoms with E-state index in [4.69, 9.17) is 5.26 Å². The van der Waals surface area contributed by atoms with Crippen LogP contribution in [0.25, 0.3) is 10.9 Å². The Kier molecular flexibility index (Phi) is 3.26. The molecule has 3 rings (SSSR count). The predicted octanol–water partition coefficient (Wildman–Crippen LogP) is 4.12. The Morgan fingerprint density at radius 1 is 1.00 bits per heavy atom. The lowest BCUT2D eigenvalue weighted by Crippen LogP contribution is -1.97. The third kappa shape index (κ3) is 2.31. The van der Waals surface area contributed by atoms with Crippen LogP contribution in [-0.4, -0.2) is 4.57 Å². The van der Waals surface area contributed by atoms with Gasteiger partial charge in [0.2, 0.25) is 0 Å². The van der Waals surface area contributed by atoms with Gasteiger partial charge in [0.1, 0.15) is 0 Å². The fourth-order valence-electron chi connectivity index (χ4n) is 2.48. The molecule has 0 aliphatic heterocycles. The number of aryl methyl sites for hydroxylation is 1. The third-order valence-electron chi connectivity index (χ3n) is 3.68. The summed E-state index contributed by atoms with van der Waals surface area (Å²) in [5, 5.41) is 10.1. The lowest BCUT2D eigenvalue weighted by atomic mass is 10.1. The summed E-state index contributed by atoms with van der Waals surface area (Å²) in [7, 11) is 0. The first kappa shape index (κ1) is 12.5. The maximum absolute atomic E-state index is 8.93. The van der Waals surface area contributed by atoms with Crippen LogP contribution < -0.4 is 0 Å². The third-order valence-corrected chi connectivity index (χ3v) is 3.68. The van der Waals surface area contributed by atoms with Gasteiger partial charge in [0.15, 0.2) is 0 Å². The van der Waals surface area contributed by atoms with E-state index >= 15 is 0 Å². The van der Waals surface area contributed by atoms with Crippen molar-refractivity contribution < 1.29 is 0 Å². The van der Waals surface area contributed by atoms with Gasteiger partial charge in [-0.15, -0.1) is 0 Å². The minimum Gasteiger partial charge on any atom is -0.343 e. The number of hydrogen-bond acceptors (Lipinski definition) is 1. The molecule has 0 saturated heterocycles. The van der Waals surface area contributed by atoms with Crippen molar-refractivity contribution in [1.82, 2.24) is 4.57 Å². The number of nitrogens with zero attached hydrogens (tertiary/aromatic N) is 2. The van der Waals surface area contributed by atoms with Crippen molar-refractivity contribution in [2.75, 3.05) is 0 Å². The highest BCUT2D eigenvalue weighted by Gasteiger charge is 2.03. The molecule has 2 aromatic carbocycles. The van der Waals surface area contributed by atoms with Crippen molar-refractivity contribution in [2.24, 2.45) is 0 Å². The largest absolute Gasteiger partial charge is 0.343 e. The predicted molar refractivity (Wildman–Crippen MR) is 81.6 cm³/mol. The van der Waals surface area contributed by atoms with Gasteiger partial charge >= 0.3 is 0 Å². The molecular weight excluding hydrogens is 244 g/mol. The van der Waals surface area contributed by atoms with Gasteiger partial charge in [-0.05, 0) is 41.8 Å². The fraction of sp³-hybridized carbons (Fsp3) is 0.167. The van der Waals surface area contributed by atoms with E-state index in [0.717, 1.165) is 18.4 Å². The summed E-state index contributed by atoms with van der Waals surface area (Å²) in [6.07, 6.45) is 3.16. The number of aromatic nitrogens is 1. The molecule has 0 radical (unpaired) electrons. The van der Waals surface area contributed by atoms with E-state index in [1.807, 2.05) is 18.2 Å². The Bertz CT molecular complexity index is 773. The van der Waals surface area contributed by atoms with Crippen LogP contribution in [0.1, 0.15) is 23.6 Å². The summed E-state index contributed by atoms with van der Waals surface area (Å²) >= 11 is 0. The summed E-state index contributed by atoms with van der Waals surface area (Å²) in [5.41, 5.74) is 4.54. The van der Waals surface area contributed by atoms with Gasteiger partial charge < -0.3 is 4.57 Å². The molecule has 0 aliphatic rings. The number of nitriles is 1. The lowest BCUT2D eigenvalue weighted by molar-refractivity contribution is 0.836. The molecule has 0 amide bonds. The summed E-state index contributed by atoms with van der Waals surface area (Å²) in [4.78, 5) is 0. The monoisotopic (exact) mass is 260 g/mol. The minimum absolute atomic E-state index is 0.711. The Labute approximate surface area is 118 Å². The maximum Gasteiger partial charge on any atom is 0.0991 e. The normalized spacial score (nSPS) is 10.6. The molecule has 2 heteroatoms. The molecular formula is C18H16N2. The zero-order chi connectivity index (χ0) is 13.9. The second-order valence-corrected chi connectivity index (χ2v) is 5.00. The molecule has 0 N–H and O–H groups in total. The molecule has 0 atom stereocenters. The number of hydrogen-bond donors (Lipinski definition) is 0. The van der Waals surface area contributed by atoms with Gasteiger partial charge in [-0.3, -0.25) is 0 Å². The van der Waals surface area contributed by atoms with Crippen LogP contribution in [0, 0.1) is 11.3 Å². The molecule has 98 valence electrons. The number of rotatable bonds is 3. The minimum atomic E-state index is 0.711. The smallest absolute Gasteiger partial charge is 0.0991 e. The molecule has 0 aliphatic carbocycles. The highest BCUT2D eigenvalue weighted by atomic mass is 14.9. The quantitative estimate of drug-likeness (QED) is 0.696. The fourth-order valence-corrected chi connectivity index (χ4v) is 2.48. The summed E-state index contributed by atoms with van der Waals surface area (Å²) in [6, 6.07) is 18.8. The first-order chi connectivity index (χ1) is 9.80. The number of benzene rings is 2. The van der Waals surface area contributed by atoms with Crippen molar-refractivity contribution >= 4 is 10.9 Å². The second kappa shape index (κ2) is 5.22. The van der Waals surface area contributed by atoms with Crippen LogP contribution in [0.3, 0.4) is 0 Å². The van der Waals surface area contributed by atoms with E-state index in [9.17, 15) is 0 Å². The Morgan fingerprint density at radius 2 is 1.75 bits per heavy atom. The molecule has 0 saturated carbocycles. The first-order valence-electron chi connectivity index (χ1n) is 6.87. The zero-order valence-corrected chi connectivity index (χ0v) is 11.5. The van der Waals surface area contributed by atoms with Gasteiger partial charge in [-0.1, -0.05) is 31.2 Å². The van der Waals surface area contributed by atoms with E-state index in [2.05, 4.69) is 54.1 Å². The van der Waals surface area contributed by atoms with Gasteiger partial charge in [-0.2, -0.15) is 5.26 Å². The van der Waals surface area contributed by atoms with E-state index in [0.29, 0.717) is 5.56 Å². The standard InChI is InChI=1S/C18H16N2/c1-2-14-3-5-15(6-4-14)13-20-10-9-17-11-16(12-19)7-8-18(17)20/h3-11H,2,13H2,1H3. The van der Waals surface area contributed by atoms with Crippen molar-refractivity contribution in [3.63, 3.8) is 0 Å². The molecule has 0 bridgehead atoms. The Hall–Kier alpha value is -2.53. The molecule has 3 aromatic rings.